The van der Waals surface area contributed by atoms with Crippen LogP contribution in [0.2, 0.25) is 0 Å². The van der Waals surface area contributed by atoms with Gasteiger partial charge in [0.25, 0.3) is 10.0 Å². The molecule has 38 heavy (non-hydrogen) atoms. The van der Waals surface area contributed by atoms with Crippen LogP contribution in [0.4, 0.5) is 18.9 Å². The number of aryl methyl sites for hydroxylation is 2. The predicted octanol–water partition coefficient (Wildman–Crippen LogP) is 4.98. The summed E-state index contributed by atoms with van der Waals surface area (Å²) in [6.45, 7) is 1.52. The van der Waals surface area contributed by atoms with E-state index in [0.29, 0.717) is 23.2 Å². The van der Waals surface area contributed by atoms with E-state index in [0.717, 1.165) is 23.3 Å². The normalized spacial score (nSPS) is 11.6. The van der Waals surface area contributed by atoms with E-state index in [1.165, 1.54) is 38.5 Å². The van der Waals surface area contributed by atoms with Gasteiger partial charge in [-0.2, -0.15) is 13.2 Å². The Bertz CT molecular complexity index is 1380. The summed E-state index contributed by atoms with van der Waals surface area (Å²) >= 11 is 0. The van der Waals surface area contributed by atoms with Gasteiger partial charge in [-0.15, -0.1) is 0 Å². The van der Waals surface area contributed by atoms with E-state index in [4.69, 9.17) is 9.47 Å². The molecule has 1 amide bonds. The number of carbonyl (C=O) groups excluding carboxylic acids is 1. The zero-order chi connectivity index (χ0) is 27.9. The van der Waals surface area contributed by atoms with Crippen LogP contribution in [0.1, 0.15) is 23.1 Å². The first-order chi connectivity index (χ1) is 18.0. The van der Waals surface area contributed by atoms with Gasteiger partial charge >= 0.3 is 6.18 Å². The lowest BCUT2D eigenvalue weighted by molar-refractivity contribution is -0.137. The number of alkyl halides is 3. The Hall–Kier alpha value is -3.73. The molecule has 0 atom stereocenters. The van der Waals surface area contributed by atoms with Gasteiger partial charge < -0.3 is 14.8 Å². The van der Waals surface area contributed by atoms with E-state index in [-0.39, 0.29) is 28.6 Å². The highest BCUT2D eigenvalue weighted by atomic mass is 32.2. The first kappa shape index (κ1) is 28.8. The second kappa shape index (κ2) is 12.2. The predicted molar refractivity (Wildman–Crippen MR) is 138 cm³/mol. The average molecular weight is 551 g/mol. The van der Waals surface area contributed by atoms with E-state index in [2.05, 4.69) is 5.32 Å². The standard InChI is InChI=1S/C27H29F3N2O5S/c1-19-7-4-8-20(15-19)9-6-14-31-26(33)18-32(22-11-5-10-21(16-22)27(28,29)30)38(34,35)23-12-13-24(36-2)25(17-23)37-3/h4-5,7-8,10-13,15-17H,6,9,14,18H2,1-3H3,(H,31,33). The quantitative estimate of drug-likeness (QED) is 0.341. The van der Waals surface area contributed by atoms with Gasteiger partial charge in [0.1, 0.15) is 6.54 Å². The van der Waals surface area contributed by atoms with Gasteiger partial charge in [0.15, 0.2) is 11.5 Å². The number of rotatable bonds is 11. The molecule has 0 aliphatic rings. The highest BCUT2D eigenvalue weighted by Crippen LogP contribution is 2.35. The molecule has 0 bridgehead atoms. The molecule has 3 aromatic rings. The van der Waals surface area contributed by atoms with Crippen LogP contribution in [0.5, 0.6) is 11.5 Å². The van der Waals surface area contributed by atoms with Crippen molar-refractivity contribution in [3.63, 3.8) is 0 Å². The van der Waals surface area contributed by atoms with Gasteiger partial charge in [0.05, 0.1) is 30.4 Å². The molecule has 204 valence electrons. The minimum absolute atomic E-state index is 0.109. The second-order valence-corrected chi connectivity index (χ2v) is 10.4. The number of nitrogens with zero attached hydrogens (tertiary/aromatic N) is 1. The van der Waals surface area contributed by atoms with Crippen molar-refractivity contribution < 1.29 is 35.9 Å². The number of anilines is 1. The van der Waals surface area contributed by atoms with Gasteiger partial charge in [-0.25, -0.2) is 8.42 Å². The zero-order valence-electron chi connectivity index (χ0n) is 21.2. The molecule has 0 unspecified atom stereocenters. The van der Waals surface area contributed by atoms with Crippen LogP contribution in [0, 0.1) is 6.92 Å². The lowest BCUT2D eigenvalue weighted by Gasteiger charge is -2.25. The van der Waals surface area contributed by atoms with E-state index in [9.17, 15) is 26.4 Å². The highest BCUT2D eigenvalue weighted by molar-refractivity contribution is 7.92. The fraction of sp³-hybridized carbons (Fsp3) is 0.296. The Kier molecular flexibility index (Phi) is 9.26. The average Bonchev–Trinajstić information content (AvgIpc) is 2.88. The Balaban J connectivity index is 1.86. The molecule has 0 aromatic heterocycles. The summed E-state index contributed by atoms with van der Waals surface area (Å²) in [6.07, 6.45) is -3.41. The number of methoxy groups -OCH3 is 2. The van der Waals surface area contributed by atoms with E-state index < -0.39 is 34.2 Å². The Morgan fingerprint density at radius 3 is 2.32 bits per heavy atom. The number of halogens is 3. The maximum atomic E-state index is 13.6. The van der Waals surface area contributed by atoms with Crippen molar-refractivity contribution in [1.82, 2.24) is 5.32 Å². The molecule has 0 saturated carbocycles. The minimum Gasteiger partial charge on any atom is -0.493 e. The smallest absolute Gasteiger partial charge is 0.416 e. The van der Waals surface area contributed by atoms with Gasteiger partial charge in [-0.3, -0.25) is 9.10 Å². The molecule has 0 radical (unpaired) electrons. The van der Waals surface area contributed by atoms with Crippen LogP contribution in [-0.2, 0) is 27.4 Å². The molecule has 3 rings (SSSR count). The van der Waals surface area contributed by atoms with Crippen LogP contribution in [0.15, 0.2) is 71.6 Å². The first-order valence-electron chi connectivity index (χ1n) is 11.7. The molecule has 0 fully saturated rings. The minimum atomic E-state index is -4.70. The Morgan fingerprint density at radius 1 is 0.947 bits per heavy atom. The topological polar surface area (TPSA) is 84.9 Å². The van der Waals surface area contributed by atoms with Crippen molar-refractivity contribution in [1.29, 1.82) is 0 Å². The van der Waals surface area contributed by atoms with E-state index >= 15 is 0 Å². The van der Waals surface area contributed by atoms with Gasteiger partial charge in [-0.05, 0) is 55.7 Å². The number of carbonyl (C=O) groups is 1. The molecular weight excluding hydrogens is 521 g/mol. The molecule has 7 nitrogen and oxygen atoms in total. The Morgan fingerprint density at radius 2 is 1.66 bits per heavy atom. The van der Waals surface area contributed by atoms with Gasteiger partial charge in [0.2, 0.25) is 5.91 Å². The first-order valence-corrected chi connectivity index (χ1v) is 13.1. The van der Waals surface area contributed by atoms with Crippen molar-refractivity contribution in [2.75, 3.05) is 31.6 Å². The van der Waals surface area contributed by atoms with E-state index in [1.54, 1.807) is 0 Å². The Labute approximate surface area is 220 Å². The van der Waals surface area contributed by atoms with Gasteiger partial charge in [0, 0.05) is 12.6 Å². The lowest BCUT2D eigenvalue weighted by atomic mass is 10.1. The van der Waals surface area contributed by atoms with Crippen LogP contribution in [0.25, 0.3) is 0 Å². The number of ether oxygens (including phenoxy) is 2. The summed E-state index contributed by atoms with van der Waals surface area (Å²) in [4.78, 5) is 12.5. The third-order valence-electron chi connectivity index (χ3n) is 5.74. The summed E-state index contributed by atoms with van der Waals surface area (Å²) in [7, 11) is -1.78. The van der Waals surface area contributed by atoms with Crippen LogP contribution >= 0.6 is 0 Å². The second-order valence-electron chi connectivity index (χ2n) is 8.52. The summed E-state index contributed by atoms with van der Waals surface area (Å²) in [5.41, 5.74) is 0.870. The summed E-state index contributed by atoms with van der Waals surface area (Å²) in [5, 5.41) is 2.67. The molecule has 1 N–H and O–H groups in total. The van der Waals surface area contributed by atoms with Gasteiger partial charge in [-0.1, -0.05) is 35.9 Å². The number of benzene rings is 3. The lowest BCUT2D eigenvalue weighted by Crippen LogP contribution is -2.41. The van der Waals surface area contributed by atoms with Crippen LogP contribution < -0.4 is 19.1 Å². The zero-order valence-corrected chi connectivity index (χ0v) is 22.0. The SMILES string of the molecule is COc1ccc(S(=O)(=O)N(CC(=O)NCCCc2cccc(C)c2)c2cccc(C(F)(F)F)c2)cc1OC. The van der Waals surface area contributed by atoms with Crippen LogP contribution in [0.3, 0.4) is 0 Å². The fourth-order valence-corrected chi connectivity index (χ4v) is 5.26. The van der Waals surface area contributed by atoms with Crippen molar-refractivity contribution in [2.24, 2.45) is 0 Å². The monoisotopic (exact) mass is 550 g/mol. The number of amides is 1. The molecule has 0 spiro atoms. The molecule has 11 heteroatoms. The van der Waals surface area contributed by atoms with Crippen molar-refractivity contribution in [3.05, 3.63) is 83.4 Å². The summed E-state index contributed by atoms with van der Waals surface area (Å²) in [6, 6.07) is 15.5. The number of hydrogen-bond acceptors (Lipinski definition) is 5. The number of nitrogens with one attached hydrogen (secondary N) is 1. The molecule has 0 aliphatic carbocycles. The molecule has 0 heterocycles. The molecule has 0 saturated heterocycles. The number of sulfonamides is 1. The van der Waals surface area contributed by atoms with Crippen molar-refractivity contribution in [2.45, 2.75) is 30.8 Å². The summed E-state index contributed by atoms with van der Waals surface area (Å²) < 4.78 is 78.4. The van der Waals surface area contributed by atoms with Crippen molar-refractivity contribution in [3.8, 4) is 11.5 Å². The molecule has 0 aliphatic heterocycles. The van der Waals surface area contributed by atoms with Crippen LogP contribution in [-0.4, -0.2) is 41.6 Å². The fourth-order valence-electron chi connectivity index (χ4n) is 3.83. The number of hydrogen-bond donors (Lipinski definition) is 1. The highest BCUT2D eigenvalue weighted by Gasteiger charge is 2.33. The summed E-state index contributed by atoms with van der Waals surface area (Å²) in [5.74, 6) is -0.280. The third-order valence-corrected chi connectivity index (χ3v) is 7.51. The third kappa shape index (κ3) is 7.18. The van der Waals surface area contributed by atoms with Crippen molar-refractivity contribution >= 4 is 21.6 Å². The largest absolute Gasteiger partial charge is 0.493 e. The van der Waals surface area contributed by atoms with E-state index in [1.807, 2.05) is 31.2 Å². The molecule has 3 aromatic carbocycles. The molecular formula is C27H29F3N2O5S. The maximum absolute atomic E-state index is 13.6. The maximum Gasteiger partial charge on any atom is 0.416 e.